The lowest BCUT2D eigenvalue weighted by Crippen LogP contribution is -2.39. The molecule has 0 spiro atoms. The van der Waals surface area contributed by atoms with Crippen LogP contribution >= 0.6 is 15.9 Å². The summed E-state index contributed by atoms with van der Waals surface area (Å²) in [5.41, 5.74) is 1.09. The molecule has 20 heavy (non-hydrogen) atoms. The van der Waals surface area contributed by atoms with Gasteiger partial charge in [0.05, 0.1) is 12.1 Å². The minimum Gasteiger partial charge on any atom is -0.336 e. The Morgan fingerprint density at radius 1 is 1.25 bits per heavy atom. The molecule has 5 heteroatoms. The van der Waals surface area contributed by atoms with Gasteiger partial charge >= 0.3 is 0 Å². The monoisotopic (exact) mass is 337 g/mol. The quantitative estimate of drug-likeness (QED) is 0.898. The maximum absolute atomic E-state index is 13.2. The lowest BCUT2D eigenvalue weighted by atomic mass is 9.86. The fraction of sp³-hybridized carbons (Fsp3) is 0.400. The van der Waals surface area contributed by atoms with Gasteiger partial charge in [0.25, 0.3) is 0 Å². The summed E-state index contributed by atoms with van der Waals surface area (Å²) < 4.78 is 14.0. The highest BCUT2D eigenvalue weighted by molar-refractivity contribution is 9.10. The van der Waals surface area contributed by atoms with E-state index in [0.717, 1.165) is 29.0 Å². The van der Waals surface area contributed by atoms with Crippen LogP contribution in [0.2, 0.25) is 0 Å². The van der Waals surface area contributed by atoms with Crippen molar-refractivity contribution in [2.24, 2.45) is 0 Å². The van der Waals surface area contributed by atoms with Gasteiger partial charge in [0.2, 0.25) is 0 Å². The van der Waals surface area contributed by atoms with E-state index in [0.29, 0.717) is 6.04 Å². The van der Waals surface area contributed by atoms with Crippen LogP contribution in [0.1, 0.15) is 36.6 Å². The van der Waals surface area contributed by atoms with E-state index < -0.39 is 0 Å². The number of aromatic amines is 1. The van der Waals surface area contributed by atoms with Crippen molar-refractivity contribution in [1.82, 2.24) is 15.3 Å². The predicted octanol–water partition coefficient (Wildman–Crippen LogP) is 3.59. The van der Waals surface area contributed by atoms with Crippen LogP contribution in [0.5, 0.6) is 0 Å². The van der Waals surface area contributed by atoms with Crippen molar-refractivity contribution in [3.63, 3.8) is 0 Å². The van der Waals surface area contributed by atoms with Gasteiger partial charge in [0.15, 0.2) is 0 Å². The summed E-state index contributed by atoms with van der Waals surface area (Å²) in [6.07, 6.45) is 5.32. The summed E-state index contributed by atoms with van der Waals surface area (Å²) in [7, 11) is 0. The first-order chi connectivity index (χ1) is 9.74. The fourth-order valence-electron chi connectivity index (χ4n) is 2.89. The highest BCUT2D eigenvalue weighted by atomic mass is 79.9. The topological polar surface area (TPSA) is 40.7 Å². The Morgan fingerprint density at radius 2 is 2.05 bits per heavy atom. The molecule has 0 saturated carbocycles. The number of nitrogens with zero attached hydrogens (tertiary/aromatic N) is 1. The maximum Gasteiger partial charge on any atom is 0.123 e. The van der Waals surface area contributed by atoms with Crippen LogP contribution in [0.15, 0.2) is 35.1 Å². The van der Waals surface area contributed by atoms with E-state index in [4.69, 9.17) is 0 Å². The van der Waals surface area contributed by atoms with Gasteiger partial charge in [-0.2, -0.15) is 0 Å². The molecule has 0 radical (unpaired) electrons. The Labute approximate surface area is 126 Å². The second-order valence-corrected chi connectivity index (χ2v) is 6.06. The van der Waals surface area contributed by atoms with E-state index in [2.05, 4.69) is 31.2 Å². The molecule has 2 atom stereocenters. The van der Waals surface area contributed by atoms with Crippen molar-refractivity contribution in [3.8, 4) is 0 Å². The third kappa shape index (κ3) is 2.94. The molecule has 1 aliphatic heterocycles. The van der Waals surface area contributed by atoms with Crippen LogP contribution in [0.3, 0.4) is 0 Å². The average molecular weight is 338 g/mol. The largest absolute Gasteiger partial charge is 0.336 e. The molecule has 1 aromatic carbocycles. The zero-order valence-corrected chi connectivity index (χ0v) is 12.7. The highest BCUT2D eigenvalue weighted by Crippen LogP contribution is 2.30. The van der Waals surface area contributed by atoms with Gasteiger partial charge in [-0.1, -0.05) is 18.6 Å². The van der Waals surface area contributed by atoms with Crippen LogP contribution in [0.4, 0.5) is 4.39 Å². The van der Waals surface area contributed by atoms with Crippen LogP contribution in [-0.4, -0.2) is 22.6 Å². The molecule has 3 rings (SSSR count). The Morgan fingerprint density at radius 3 is 2.65 bits per heavy atom. The minimum absolute atomic E-state index is 0.127. The normalized spacial score (nSPS) is 20.8. The van der Waals surface area contributed by atoms with Crippen LogP contribution < -0.4 is 5.32 Å². The number of nitrogens with one attached hydrogen (secondary N) is 2. The first kappa shape index (κ1) is 13.8. The molecule has 106 valence electrons. The summed E-state index contributed by atoms with van der Waals surface area (Å²) in [4.78, 5) is 7.71. The number of benzene rings is 1. The van der Waals surface area contributed by atoms with Crippen molar-refractivity contribution < 1.29 is 4.39 Å². The van der Waals surface area contributed by atoms with E-state index in [-0.39, 0.29) is 11.7 Å². The number of hydrogen-bond acceptors (Lipinski definition) is 2. The summed E-state index contributed by atoms with van der Waals surface area (Å²) in [5, 5.41) is 3.57. The molecule has 1 aromatic heterocycles. The smallest absolute Gasteiger partial charge is 0.123 e. The molecule has 2 heterocycles. The lowest BCUT2D eigenvalue weighted by Gasteiger charge is -2.30. The maximum atomic E-state index is 13.2. The summed E-state index contributed by atoms with van der Waals surface area (Å²) in [6, 6.07) is 7.08. The van der Waals surface area contributed by atoms with Crippen molar-refractivity contribution in [3.05, 3.63) is 52.3 Å². The first-order valence-electron chi connectivity index (χ1n) is 6.93. The zero-order valence-electron chi connectivity index (χ0n) is 11.1. The Kier molecular flexibility index (Phi) is 4.17. The molecule has 1 fully saturated rings. The third-order valence-corrected chi connectivity index (χ3v) is 4.24. The summed E-state index contributed by atoms with van der Waals surface area (Å²) >= 11 is 3.41. The number of H-pyrrole nitrogens is 1. The van der Waals surface area contributed by atoms with E-state index in [1.54, 1.807) is 6.20 Å². The standard InChI is InChI=1S/C15H17BrFN3/c16-13-9-19-15(20-13)14(12-3-1-2-8-18-12)10-4-6-11(17)7-5-10/h4-7,9,12,14,18H,1-3,8H2,(H,19,20)/t12-,14?/m0/s1. The molecule has 1 unspecified atom stereocenters. The number of rotatable bonds is 3. The van der Waals surface area contributed by atoms with Crippen LogP contribution in [0.25, 0.3) is 0 Å². The van der Waals surface area contributed by atoms with Gasteiger partial charge in [-0.05, 0) is 53.0 Å². The van der Waals surface area contributed by atoms with Gasteiger partial charge in [-0.15, -0.1) is 0 Å². The van der Waals surface area contributed by atoms with E-state index in [9.17, 15) is 4.39 Å². The zero-order chi connectivity index (χ0) is 13.9. The van der Waals surface area contributed by atoms with Gasteiger partial charge in [0.1, 0.15) is 16.2 Å². The molecular formula is C15H17BrFN3. The number of piperidine rings is 1. The average Bonchev–Trinajstić information content (AvgIpc) is 2.89. The molecule has 1 aliphatic rings. The molecule has 1 saturated heterocycles. The number of aromatic nitrogens is 2. The Balaban J connectivity index is 1.95. The summed E-state index contributed by atoms with van der Waals surface area (Å²) in [6.45, 7) is 1.03. The molecule has 3 nitrogen and oxygen atoms in total. The molecule has 2 aromatic rings. The van der Waals surface area contributed by atoms with E-state index in [1.165, 1.54) is 25.0 Å². The third-order valence-electron chi connectivity index (χ3n) is 3.84. The molecule has 0 aliphatic carbocycles. The van der Waals surface area contributed by atoms with Crippen molar-refractivity contribution in [2.45, 2.75) is 31.2 Å². The lowest BCUT2D eigenvalue weighted by molar-refractivity contribution is 0.366. The van der Waals surface area contributed by atoms with Crippen molar-refractivity contribution in [2.75, 3.05) is 6.54 Å². The minimum atomic E-state index is -0.204. The van der Waals surface area contributed by atoms with Crippen LogP contribution in [-0.2, 0) is 0 Å². The first-order valence-corrected chi connectivity index (χ1v) is 7.72. The fourth-order valence-corrected chi connectivity index (χ4v) is 3.19. The van der Waals surface area contributed by atoms with Crippen molar-refractivity contribution in [1.29, 1.82) is 0 Å². The SMILES string of the molecule is Fc1ccc(C(c2ncc(Br)[nH]2)[C@@H]2CCCCN2)cc1. The molecule has 0 bridgehead atoms. The predicted molar refractivity (Wildman–Crippen MR) is 80.2 cm³/mol. The second kappa shape index (κ2) is 6.06. The molecular weight excluding hydrogens is 321 g/mol. The second-order valence-electron chi connectivity index (χ2n) is 5.20. The Hall–Kier alpha value is -1.20. The summed E-state index contributed by atoms with van der Waals surface area (Å²) in [5.74, 6) is 0.842. The van der Waals surface area contributed by atoms with Gasteiger partial charge in [-0.3, -0.25) is 0 Å². The van der Waals surface area contributed by atoms with E-state index in [1.807, 2.05) is 12.1 Å². The van der Waals surface area contributed by atoms with Gasteiger partial charge < -0.3 is 10.3 Å². The van der Waals surface area contributed by atoms with Gasteiger partial charge in [-0.25, -0.2) is 9.37 Å². The van der Waals surface area contributed by atoms with Gasteiger partial charge in [0, 0.05) is 6.04 Å². The number of hydrogen-bond donors (Lipinski definition) is 2. The number of halogens is 2. The van der Waals surface area contributed by atoms with Crippen LogP contribution in [0, 0.1) is 5.82 Å². The highest BCUT2D eigenvalue weighted by Gasteiger charge is 2.28. The van der Waals surface area contributed by atoms with E-state index >= 15 is 0 Å². The Bertz CT molecular complexity index is 561. The number of imidazole rings is 1. The molecule has 0 amide bonds. The molecule has 2 N–H and O–H groups in total. The van der Waals surface area contributed by atoms with Crippen molar-refractivity contribution >= 4 is 15.9 Å².